The van der Waals surface area contributed by atoms with E-state index >= 15 is 0 Å². The molecular formula is C20H21N3O4S2. The van der Waals surface area contributed by atoms with Crippen molar-refractivity contribution in [2.45, 2.75) is 31.9 Å². The first-order valence-electron chi connectivity index (χ1n) is 8.78. The lowest BCUT2D eigenvalue weighted by Crippen LogP contribution is -2.13. The van der Waals surface area contributed by atoms with Gasteiger partial charge in [0, 0.05) is 11.8 Å². The van der Waals surface area contributed by atoms with Crippen molar-refractivity contribution in [1.29, 1.82) is 0 Å². The largest absolute Gasteiger partial charge is 0.354 e. The summed E-state index contributed by atoms with van der Waals surface area (Å²) < 4.78 is 33.6. The van der Waals surface area contributed by atoms with Crippen LogP contribution in [0.5, 0.6) is 0 Å². The fourth-order valence-corrected chi connectivity index (χ4v) is 5.15. The molecule has 0 fully saturated rings. The number of carbonyl (C=O) groups is 1. The van der Waals surface area contributed by atoms with Crippen molar-refractivity contribution in [3.8, 4) is 0 Å². The van der Waals surface area contributed by atoms with E-state index in [0.29, 0.717) is 22.8 Å². The molecule has 2 aromatic heterocycles. The van der Waals surface area contributed by atoms with Gasteiger partial charge in [-0.25, -0.2) is 8.42 Å². The van der Waals surface area contributed by atoms with Gasteiger partial charge in [-0.15, -0.1) is 11.3 Å². The first-order chi connectivity index (χ1) is 13.7. The van der Waals surface area contributed by atoms with Gasteiger partial charge in [-0.05, 0) is 56.2 Å². The van der Waals surface area contributed by atoms with Crippen molar-refractivity contribution in [2.24, 2.45) is 0 Å². The minimum atomic E-state index is -3.70. The number of nitrogens with one attached hydrogen (secondary N) is 2. The Hall–Kier alpha value is -2.91. The van der Waals surface area contributed by atoms with Crippen LogP contribution in [0.25, 0.3) is 12.2 Å². The summed E-state index contributed by atoms with van der Waals surface area (Å²) in [4.78, 5) is 12.0. The van der Waals surface area contributed by atoms with Crippen LogP contribution in [0.1, 0.15) is 34.4 Å². The lowest BCUT2D eigenvalue weighted by Gasteiger charge is -2.11. The van der Waals surface area contributed by atoms with E-state index in [1.165, 1.54) is 6.92 Å². The smallest absolute Gasteiger partial charge is 0.271 e. The molecule has 9 heteroatoms. The van der Waals surface area contributed by atoms with E-state index in [4.69, 9.17) is 4.52 Å². The van der Waals surface area contributed by atoms with Gasteiger partial charge >= 0.3 is 0 Å². The van der Waals surface area contributed by atoms with E-state index in [-0.39, 0.29) is 10.1 Å². The minimum Gasteiger partial charge on any atom is -0.354 e. The van der Waals surface area contributed by atoms with Crippen molar-refractivity contribution in [3.63, 3.8) is 0 Å². The van der Waals surface area contributed by atoms with Gasteiger partial charge in [0.05, 0.1) is 5.69 Å². The summed E-state index contributed by atoms with van der Waals surface area (Å²) in [6.07, 6.45) is 3.36. The van der Waals surface area contributed by atoms with Gasteiger partial charge in [0.15, 0.2) is 5.76 Å². The molecule has 3 rings (SSSR count). The normalized spacial score (nSPS) is 11.7. The Morgan fingerprint density at radius 2 is 1.76 bits per heavy atom. The second-order valence-electron chi connectivity index (χ2n) is 6.55. The van der Waals surface area contributed by atoms with Gasteiger partial charge in [0.1, 0.15) is 15.6 Å². The Morgan fingerprint density at radius 3 is 2.41 bits per heavy atom. The molecule has 0 aliphatic carbocycles. The van der Waals surface area contributed by atoms with E-state index in [1.807, 2.05) is 32.0 Å². The fraction of sp³-hybridized carbons (Fsp3) is 0.200. The van der Waals surface area contributed by atoms with Gasteiger partial charge in [-0.2, -0.15) is 0 Å². The topological polar surface area (TPSA) is 101 Å². The number of amides is 1. The highest BCUT2D eigenvalue weighted by Gasteiger charge is 2.19. The zero-order valence-electron chi connectivity index (χ0n) is 16.4. The van der Waals surface area contributed by atoms with E-state index in [9.17, 15) is 13.2 Å². The number of benzene rings is 1. The minimum absolute atomic E-state index is 0.204. The summed E-state index contributed by atoms with van der Waals surface area (Å²) in [6.45, 7) is 6.85. The van der Waals surface area contributed by atoms with Crippen LogP contribution in [-0.2, 0) is 14.8 Å². The average Bonchev–Trinajstić information content (AvgIpc) is 3.25. The van der Waals surface area contributed by atoms with Crippen molar-refractivity contribution in [2.75, 3.05) is 10.0 Å². The molecule has 0 saturated heterocycles. The Bertz CT molecular complexity index is 1170. The molecule has 152 valence electrons. The third-order valence-electron chi connectivity index (χ3n) is 4.17. The first-order valence-corrected chi connectivity index (χ1v) is 11.1. The predicted octanol–water partition coefficient (Wildman–Crippen LogP) is 4.59. The number of aromatic nitrogens is 1. The lowest BCUT2D eigenvalue weighted by molar-refractivity contribution is -0.114. The van der Waals surface area contributed by atoms with Crippen molar-refractivity contribution >= 4 is 50.8 Å². The summed E-state index contributed by atoms with van der Waals surface area (Å²) in [5.74, 6) is 0.164. The average molecular weight is 432 g/mol. The second-order valence-corrected chi connectivity index (χ2v) is 9.58. The second kappa shape index (κ2) is 8.22. The van der Waals surface area contributed by atoms with Crippen molar-refractivity contribution < 1.29 is 17.7 Å². The molecule has 0 atom stereocenters. The third kappa shape index (κ3) is 4.75. The molecule has 29 heavy (non-hydrogen) atoms. The highest BCUT2D eigenvalue weighted by atomic mass is 32.2. The zero-order valence-corrected chi connectivity index (χ0v) is 18.1. The number of carbonyl (C=O) groups excluding carboxylic acids is 1. The molecular weight excluding hydrogens is 410 g/mol. The molecule has 7 nitrogen and oxygen atoms in total. The van der Waals surface area contributed by atoms with Gasteiger partial charge in [-0.3, -0.25) is 9.52 Å². The van der Waals surface area contributed by atoms with Gasteiger partial charge < -0.3 is 9.84 Å². The van der Waals surface area contributed by atoms with E-state index in [2.05, 4.69) is 15.2 Å². The Balaban J connectivity index is 1.82. The molecule has 2 heterocycles. The van der Waals surface area contributed by atoms with Crippen LogP contribution in [-0.4, -0.2) is 19.5 Å². The number of rotatable bonds is 6. The SMILES string of the molecule is CC(=O)Nc1c(C)noc1/C=C/c1ccc(S(=O)(=O)Nc2c(C)cccc2C)s1. The fourth-order valence-electron chi connectivity index (χ4n) is 2.72. The zero-order chi connectivity index (χ0) is 21.2. The monoisotopic (exact) mass is 431 g/mol. The van der Waals surface area contributed by atoms with E-state index in [0.717, 1.165) is 27.3 Å². The maximum Gasteiger partial charge on any atom is 0.271 e. The molecule has 0 bridgehead atoms. The number of nitrogens with zero attached hydrogens (tertiary/aromatic N) is 1. The van der Waals surface area contributed by atoms with Crippen molar-refractivity contribution in [1.82, 2.24) is 5.16 Å². The molecule has 0 radical (unpaired) electrons. The molecule has 0 aliphatic rings. The highest BCUT2D eigenvalue weighted by Crippen LogP contribution is 2.29. The van der Waals surface area contributed by atoms with Crippen LogP contribution in [0.2, 0.25) is 0 Å². The summed E-state index contributed by atoms with van der Waals surface area (Å²) >= 11 is 1.13. The molecule has 0 aliphatic heterocycles. The van der Waals surface area contributed by atoms with Gasteiger partial charge in [0.2, 0.25) is 5.91 Å². The van der Waals surface area contributed by atoms with Crippen LogP contribution in [0.15, 0.2) is 39.1 Å². The van der Waals surface area contributed by atoms with Gasteiger partial charge in [-0.1, -0.05) is 23.4 Å². The highest BCUT2D eigenvalue weighted by molar-refractivity contribution is 7.94. The Morgan fingerprint density at radius 1 is 1.07 bits per heavy atom. The van der Waals surface area contributed by atoms with Crippen LogP contribution < -0.4 is 10.0 Å². The molecule has 1 aromatic carbocycles. The van der Waals surface area contributed by atoms with E-state index in [1.54, 1.807) is 31.2 Å². The molecule has 0 spiro atoms. The number of thiophene rings is 1. The predicted molar refractivity (Wildman–Crippen MR) is 116 cm³/mol. The van der Waals surface area contributed by atoms with Crippen LogP contribution in [0.4, 0.5) is 11.4 Å². The number of aryl methyl sites for hydroxylation is 3. The van der Waals surface area contributed by atoms with Crippen LogP contribution in [0.3, 0.4) is 0 Å². The number of para-hydroxylation sites is 1. The molecule has 0 saturated carbocycles. The summed E-state index contributed by atoms with van der Waals surface area (Å²) in [6, 6.07) is 8.87. The standard InChI is InChI=1S/C20H21N3O4S2/c1-12-6-5-7-13(2)19(12)23-29(25,26)18-11-9-16(28-18)8-10-17-20(21-15(4)24)14(3)22-27-17/h5-11,23H,1-4H3,(H,21,24)/b10-8+. The Kier molecular flexibility index (Phi) is 5.90. The summed E-state index contributed by atoms with van der Waals surface area (Å²) in [5.41, 5.74) is 3.37. The lowest BCUT2D eigenvalue weighted by atomic mass is 10.1. The summed E-state index contributed by atoms with van der Waals surface area (Å²) in [5, 5.41) is 6.52. The quantitative estimate of drug-likeness (QED) is 0.594. The number of hydrogen-bond acceptors (Lipinski definition) is 6. The van der Waals surface area contributed by atoms with Gasteiger partial charge in [0.25, 0.3) is 10.0 Å². The number of hydrogen-bond donors (Lipinski definition) is 2. The number of anilines is 2. The number of sulfonamides is 1. The van der Waals surface area contributed by atoms with Crippen LogP contribution in [0, 0.1) is 20.8 Å². The van der Waals surface area contributed by atoms with Crippen molar-refractivity contribution in [3.05, 3.63) is 57.8 Å². The maximum absolute atomic E-state index is 12.8. The molecule has 1 amide bonds. The van der Waals surface area contributed by atoms with E-state index < -0.39 is 10.0 Å². The molecule has 3 aromatic rings. The molecule has 0 unspecified atom stereocenters. The first kappa shape index (κ1) is 20.8. The van der Waals surface area contributed by atoms with Crippen LogP contribution >= 0.6 is 11.3 Å². The Labute approximate surface area is 173 Å². The molecule has 2 N–H and O–H groups in total. The summed E-state index contributed by atoms with van der Waals surface area (Å²) in [7, 11) is -3.70. The third-order valence-corrected chi connectivity index (χ3v) is 7.07. The maximum atomic E-state index is 12.8.